The highest BCUT2D eigenvalue weighted by Crippen LogP contribution is 2.28. The van der Waals surface area contributed by atoms with Gasteiger partial charge in [0.2, 0.25) is 0 Å². The number of aromatic hydroxyl groups is 2. The Kier molecular flexibility index (Phi) is 3.64. The highest BCUT2D eigenvalue weighted by atomic mass is 16.7. The summed E-state index contributed by atoms with van der Waals surface area (Å²) in [6, 6.07) is 4.23. The van der Waals surface area contributed by atoms with Gasteiger partial charge in [-0.2, -0.15) is 0 Å². The topological polar surface area (TPSA) is 88.0 Å². The third-order valence-corrected chi connectivity index (χ3v) is 2.82. The average Bonchev–Trinajstić information content (AvgIpc) is 2.69. The van der Waals surface area contributed by atoms with Gasteiger partial charge in [0.15, 0.2) is 17.3 Å². The maximum atomic E-state index is 11.9. The van der Waals surface area contributed by atoms with E-state index in [2.05, 4.69) is 5.32 Å². The zero-order chi connectivity index (χ0) is 14.0. The first-order valence-electron chi connectivity index (χ1n) is 6.00. The van der Waals surface area contributed by atoms with Crippen LogP contribution in [0.4, 0.5) is 0 Å². The summed E-state index contributed by atoms with van der Waals surface area (Å²) in [5, 5.41) is 21.5. The molecule has 6 heteroatoms. The molecule has 1 fully saturated rings. The second-order valence-corrected chi connectivity index (χ2v) is 4.83. The summed E-state index contributed by atoms with van der Waals surface area (Å²) in [4.78, 5) is 11.9. The molecule has 1 heterocycles. The van der Waals surface area contributed by atoms with Gasteiger partial charge in [-0.3, -0.25) is 4.79 Å². The molecule has 3 N–H and O–H groups in total. The third kappa shape index (κ3) is 3.15. The summed E-state index contributed by atoms with van der Waals surface area (Å²) >= 11 is 0. The van der Waals surface area contributed by atoms with E-state index in [0.717, 1.165) is 0 Å². The number of carbonyl (C=O) groups excluding carboxylic acids is 1. The molecule has 0 aromatic heterocycles. The van der Waals surface area contributed by atoms with Crippen molar-refractivity contribution in [3.05, 3.63) is 23.8 Å². The van der Waals surface area contributed by atoms with Crippen LogP contribution in [0.15, 0.2) is 18.2 Å². The van der Waals surface area contributed by atoms with Gasteiger partial charge in [0.1, 0.15) is 6.10 Å². The Morgan fingerprint density at radius 2 is 2.21 bits per heavy atom. The van der Waals surface area contributed by atoms with Gasteiger partial charge >= 0.3 is 0 Å². The van der Waals surface area contributed by atoms with E-state index in [4.69, 9.17) is 9.47 Å². The standard InChI is InChI=1S/C13H17NO5/c1-13(2)18-7-8(19-13)6-14-12(17)9-4-3-5-10(15)11(9)16/h3-5,8,15-16H,6-7H2,1-2H3,(H,14,17). The van der Waals surface area contributed by atoms with E-state index in [1.165, 1.54) is 18.2 Å². The van der Waals surface area contributed by atoms with Crippen LogP contribution in [-0.2, 0) is 9.47 Å². The molecule has 2 rings (SSSR count). The molecule has 1 aliphatic rings. The second kappa shape index (κ2) is 5.07. The molecule has 104 valence electrons. The molecule has 0 spiro atoms. The molecule has 1 unspecified atom stereocenters. The van der Waals surface area contributed by atoms with Gasteiger partial charge in [-0.1, -0.05) is 6.07 Å². The predicted octanol–water partition coefficient (Wildman–Crippen LogP) is 0.979. The van der Waals surface area contributed by atoms with Gasteiger partial charge in [0, 0.05) is 6.54 Å². The fourth-order valence-corrected chi connectivity index (χ4v) is 1.88. The number of carbonyl (C=O) groups is 1. The SMILES string of the molecule is CC1(C)OCC(CNC(=O)c2cccc(O)c2O)O1. The van der Waals surface area contributed by atoms with E-state index in [-0.39, 0.29) is 24.0 Å². The molecular formula is C13H17NO5. The minimum Gasteiger partial charge on any atom is -0.504 e. The summed E-state index contributed by atoms with van der Waals surface area (Å²) in [5.41, 5.74) is 0.0261. The van der Waals surface area contributed by atoms with Crippen molar-refractivity contribution >= 4 is 5.91 Å². The number of phenolic OH excluding ortho intramolecular Hbond substituents is 2. The van der Waals surface area contributed by atoms with Crippen LogP contribution in [0, 0.1) is 0 Å². The van der Waals surface area contributed by atoms with Gasteiger partial charge in [-0.15, -0.1) is 0 Å². The van der Waals surface area contributed by atoms with Crippen molar-refractivity contribution in [1.82, 2.24) is 5.32 Å². The summed E-state index contributed by atoms with van der Waals surface area (Å²) in [5.74, 6) is -1.86. The Hall–Kier alpha value is -1.79. The maximum absolute atomic E-state index is 11.9. The minimum atomic E-state index is -0.636. The second-order valence-electron chi connectivity index (χ2n) is 4.83. The first kappa shape index (κ1) is 13.6. The summed E-state index contributed by atoms with van der Waals surface area (Å²) in [7, 11) is 0. The molecule has 0 aliphatic carbocycles. The quantitative estimate of drug-likeness (QED) is 0.710. The summed E-state index contributed by atoms with van der Waals surface area (Å²) in [6.45, 7) is 4.28. The van der Waals surface area contributed by atoms with Crippen LogP contribution >= 0.6 is 0 Å². The van der Waals surface area contributed by atoms with Crippen LogP contribution in [0.1, 0.15) is 24.2 Å². The maximum Gasteiger partial charge on any atom is 0.255 e. The molecule has 6 nitrogen and oxygen atoms in total. The van der Waals surface area contributed by atoms with Crippen molar-refractivity contribution < 1.29 is 24.5 Å². The monoisotopic (exact) mass is 267 g/mol. The number of benzene rings is 1. The molecule has 1 saturated heterocycles. The molecule has 0 radical (unpaired) electrons. The molecule has 0 saturated carbocycles. The van der Waals surface area contributed by atoms with Gasteiger partial charge < -0.3 is 25.0 Å². The van der Waals surface area contributed by atoms with Crippen LogP contribution in [0.25, 0.3) is 0 Å². The lowest BCUT2D eigenvalue weighted by molar-refractivity contribution is -0.137. The van der Waals surface area contributed by atoms with Gasteiger partial charge in [-0.25, -0.2) is 0 Å². The minimum absolute atomic E-state index is 0.0261. The number of ether oxygens (including phenoxy) is 2. The first-order chi connectivity index (χ1) is 8.89. The van der Waals surface area contributed by atoms with E-state index in [1.54, 1.807) is 13.8 Å². The van der Waals surface area contributed by atoms with E-state index < -0.39 is 17.4 Å². The number of para-hydroxylation sites is 1. The Bertz CT molecular complexity index is 486. The van der Waals surface area contributed by atoms with E-state index in [9.17, 15) is 15.0 Å². The lowest BCUT2D eigenvalue weighted by Crippen LogP contribution is -2.34. The van der Waals surface area contributed by atoms with Gasteiger partial charge in [0.05, 0.1) is 12.2 Å². The number of hydrogen-bond acceptors (Lipinski definition) is 5. The lowest BCUT2D eigenvalue weighted by Gasteiger charge is -2.17. The molecule has 0 bridgehead atoms. The number of nitrogens with one attached hydrogen (secondary N) is 1. The first-order valence-corrected chi connectivity index (χ1v) is 6.00. The van der Waals surface area contributed by atoms with Gasteiger partial charge in [-0.05, 0) is 26.0 Å². The fraction of sp³-hybridized carbons (Fsp3) is 0.462. The van der Waals surface area contributed by atoms with Crippen molar-refractivity contribution in [2.75, 3.05) is 13.2 Å². The highest BCUT2D eigenvalue weighted by molar-refractivity contribution is 5.97. The molecule has 19 heavy (non-hydrogen) atoms. The Balaban J connectivity index is 1.93. The molecule has 1 aliphatic heterocycles. The van der Waals surface area contributed by atoms with Crippen molar-refractivity contribution in [2.24, 2.45) is 0 Å². The number of rotatable bonds is 3. The number of amides is 1. The molecule has 1 aromatic rings. The largest absolute Gasteiger partial charge is 0.504 e. The summed E-state index contributed by atoms with van der Waals surface area (Å²) in [6.07, 6.45) is -0.224. The number of phenols is 2. The van der Waals surface area contributed by atoms with Gasteiger partial charge in [0.25, 0.3) is 5.91 Å². The molecular weight excluding hydrogens is 250 g/mol. The van der Waals surface area contributed by atoms with E-state index >= 15 is 0 Å². The Morgan fingerprint density at radius 1 is 1.47 bits per heavy atom. The zero-order valence-corrected chi connectivity index (χ0v) is 10.8. The zero-order valence-electron chi connectivity index (χ0n) is 10.8. The average molecular weight is 267 g/mol. The highest BCUT2D eigenvalue weighted by Gasteiger charge is 2.32. The third-order valence-electron chi connectivity index (χ3n) is 2.82. The van der Waals surface area contributed by atoms with E-state index in [1.807, 2.05) is 0 Å². The van der Waals surface area contributed by atoms with Crippen LogP contribution in [-0.4, -0.2) is 41.2 Å². The van der Waals surface area contributed by atoms with Crippen molar-refractivity contribution in [2.45, 2.75) is 25.7 Å². The van der Waals surface area contributed by atoms with Crippen LogP contribution in [0.5, 0.6) is 11.5 Å². The van der Waals surface area contributed by atoms with Crippen LogP contribution < -0.4 is 5.32 Å². The van der Waals surface area contributed by atoms with Crippen molar-refractivity contribution in [1.29, 1.82) is 0 Å². The molecule has 1 amide bonds. The predicted molar refractivity (Wildman–Crippen MR) is 67.0 cm³/mol. The molecule has 1 aromatic carbocycles. The van der Waals surface area contributed by atoms with E-state index in [0.29, 0.717) is 6.61 Å². The van der Waals surface area contributed by atoms with Crippen LogP contribution in [0.3, 0.4) is 0 Å². The fourth-order valence-electron chi connectivity index (χ4n) is 1.88. The lowest BCUT2D eigenvalue weighted by atomic mass is 10.1. The van der Waals surface area contributed by atoms with Crippen molar-refractivity contribution in [3.63, 3.8) is 0 Å². The Morgan fingerprint density at radius 3 is 2.84 bits per heavy atom. The summed E-state index contributed by atoms with van der Waals surface area (Å²) < 4.78 is 10.9. The molecule has 1 atom stereocenters. The Labute approximate surface area is 111 Å². The van der Waals surface area contributed by atoms with Crippen molar-refractivity contribution in [3.8, 4) is 11.5 Å². The number of hydrogen-bond donors (Lipinski definition) is 3. The van der Waals surface area contributed by atoms with Crippen LogP contribution in [0.2, 0.25) is 0 Å². The normalized spacial score (nSPS) is 21.3. The smallest absolute Gasteiger partial charge is 0.255 e.